The largest absolute Gasteiger partial charge is 0.369 e. The number of aromatic nitrogens is 4. The van der Waals surface area contributed by atoms with E-state index in [2.05, 4.69) is 64.5 Å². The number of hydrogen-bond acceptors (Lipinski definition) is 11. The van der Waals surface area contributed by atoms with Gasteiger partial charge in [0.15, 0.2) is 5.65 Å². The van der Waals surface area contributed by atoms with Crippen molar-refractivity contribution in [2.45, 2.75) is 82.6 Å². The van der Waals surface area contributed by atoms with Crippen LogP contribution in [0.15, 0.2) is 72.9 Å². The van der Waals surface area contributed by atoms with Crippen LogP contribution in [0.1, 0.15) is 78.9 Å². The molecule has 1 saturated carbocycles. The first-order valence-electron chi connectivity index (χ1n) is 21.4. The van der Waals surface area contributed by atoms with Gasteiger partial charge in [-0.3, -0.25) is 34.1 Å². The van der Waals surface area contributed by atoms with E-state index < -0.39 is 11.9 Å². The highest BCUT2D eigenvalue weighted by molar-refractivity contribution is 6.05. The van der Waals surface area contributed by atoms with Crippen molar-refractivity contribution in [3.05, 3.63) is 95.4 Å². The van der Waals surface area contributed by atoms with Crippen LogP contribution in [-0.4, -0.2) is 103 Å². The number of likely N-dealkylation sites (tertiary alicyclic amines) is 1. The van der Waals surface area contributed by atoms with Crippen LogP contribution in [0.2, 0.25) is 0 Å². The SMILES string of the molecule is O=C1CCC(N2Cc3c(ccc(CN4CCC(N5CCN(c6ccc(Nc7ncc8nc(Nc9ccccc9)n(C9CCCC9)c8n7)cc6)CC5)CC4)c3F)C2=O)C(=O)N1. The fourth-order valence-corrected chi connectivity index (χ4v) is 9.89. The monoisotopic (exact) mass is 811 g/mol. The Labute approximate surface area is 348 Å². The Morgan fingerprint density at radius 2 is 1.52 bits per heavy atom. The molecule has 1 unspecified atom stereocenters. The zero-order valence-corrected chi connectivity index (χ0v) is 33.7. The molecule has 6 heterocycles. The number of fused-ring (bicyclic) bond motifs is 2. The van der Waals surface area contributed by atoms with Crippen molar-refractivity contribution in [3.8, 4) is 0 Å². The average Bonchev–Trinajstić information content (AvgIpc) is 4.01. The predicted molar refractivity (Wildman–Crippen MR) is 227 cm³/mol. The number of nitrogens with zero attached hydrogens (tertiary/aromatic N) is 8. The van der Waals surface area contributed by atoms with E-state index in [4.69, 9.17) is 9.97 Å². The molecule has 1 atom stereocenters. The normalized spacial score (nSPS) is 20.9. The molecule has 15 heteroatoms. The summed E-state index contributed by atoms with van der Waals surface area (Å²) in [5.74, 6) is -0.192. The highest BCUT2D eigenvalue weighted by Gasteiger charge is 2.41. The van der Waals surface area contributed by atoms with Gasteiger partial charge < -0.3 is 20.4 Å². The third-order valence-corrected chi connectivity index (χ3v) is 13.2. The maximum absolute atomic E-state index is 15.9. The van der Waals surface area contributed by atoms with E-state index >= 15 is 4.39 Å². The first kappa shape index (κ1) is 38.3. The van der Waals surface area contributed by atoms with Crippen LogP contribution >= 0.6 is 0 Å². The Balaban J connectivity index is 0.716. The van der Waals surface area contributed by atoms with Gasteiger partial charge in [0.25, 0.3) is 5.91 Å². The number of para-hydroxylation sites is 1. The van der Waals surface area contributed by atoms with Gasteiger partial charge in [-0.15, -0.1) is 0 Å². The van der Waals surface area contributed by atoms with Crippen molar-refractivity contribution in [2.75, 3.05) is 54.8 Å². The molecule has 0 radical (unpaired) electrons. The first-order chi connectivity index (χ1) is 29.3. The van der Waals surface area contributed by atoms with Gasteiger partial charge in [0.1, 0.15) is 17.4 Å². The third-order valence-electron chi connectivity index (χ3n) is 13.2. The summed E-state index contributed by atoms with van der Waals surface area (Å²) in [6.45, 7) is 6.17. The summed E-state index contributed by atoms with van der Waals surface area (Å²) < 4.78 is 18.1. The molecule has 3 saturated heterocycles. The van der Waals surface area contributed by atoms with Crippen LogP contribution in [0.3, 0.4) is 0 Å². The Morgan fingerprint density at radius 1 is 0.767 bits per heavy atom. The van der Waals surface area contributed by atoms with Gasteiger partial charge in [0.05, 0.1) is 12.7 Å². The molecular formula is C45H50FN11O3. The molecule has 5 aromatic rings. The first-order valence-corrected chi connectivity index (χ1v) is 21.4. The number of carbonyl (C=O) groups is 3. The maximum Gasteiger partial charge on any atom is 0.255 e. The van der Waals surface area contributed by atoms with Gasteiger partial charge in [0.2, 0.25) is 23.7 Å². The highest BCUT2D eigenvalue weighted by atomic mass is 19.1. The van der Waals surface area contributed by atoms with Crippen LogP contribution in [0.25, 0.3) is 11.2 Å². The molecule has 10 rings (SSSR count). The summed E-state index contributed by atoms with van der Waals surface area (Å²) in [5, 5.41) is 9.25. The Hall–Kier alpha value is -5.93. The number of piperidine rings is 2. The van der Waals surface area contributed by atoms with Crippen LogP contribution in [0, 0.1) is 5.82 Å². The summed E-state index contributed by atoms with van der Waals surface area (Å²) in [4.78, 5) is 60.5. The lowest BCUT2D eigenvalue weighted by atomic mass is 10.00. The van der Waals surface area contributed by atoms with Crippen LogP contribution in [0.4, 0.5) is 33.3 Å². The highest BCUT2D eigenvalue weighted by Crippen LogP contribution is 2.36. The van der Waals surface area contributed by atoms with Crippen LogP contribution in [0.5, 0.6) is 0 Å². The third kappa shape index (κ3) is 7.56. The molecule has 3 aromatic carbocycles. The fourth-order valence-electron chi connectivity index (χ4n) is 9.89. The van der Waals surface area contributed by atoms with Crippen molar-refractivity contribution >= 4 is 57.8 Å². The predicted octanol–water partition coefficient (Wildman–Crippen LogP) is 6.12. The second-order valence-electron chi connectivity index (χ2n) is 16.8. The van der Waals surface area contributed by atoms with E-state index in [1.807, 2.05) is 36.5 Å². The van der Waals surface area contributed by atoms with E-state index in [1.165, 1.54) is 23.4 Å². The number of nitrogens with one attached hydrogen (secondary N) is 3. The second-order valence-corrected chi connectivity index (χ2v) is 16.8. The molecule has 2 aromatic heterocycles. The number of amides is 3. The van der Waals surface area contributed by atoms with E-state index in [0.29, 0.717) is 41.3 Å². The van der Waals surface area contributed by atoms with Gasteiger partial charge in [-0.25, -0.2) is 14.4 Å². The van der Waals surface area contributed by atoms with Gasteiger partial charge in [-0.05, 0) is 87.7 Å². The minimum atomic E-state index is -0.756. The summed E-state index contributed by atoms with van der Waals surface area (Å²) in [6, 6.07) is 22.2. The number of imide groups is 1. The molecule has 14 nitrogen and oxygen atoms in total. The summed E-state index contributed by atoms with van der Waals surface area (Å²) in [6.07, 6.45) is 8.91. The number of hydrogen-bond donors (Lipinski definition) is 3. The molecule has 1 aliphatic carbocycles. The minimum Gasteiger partial charge on any atom is -0.369 e. The zero-order chi connectivity index (χ0) is 40.7. The van der Waals surface area contributed by atoms with E-state index in [1.54, 1.807) is 12.1 Å². The van der Waals surface area contributed by atoms with Crippen LogP contribution in [-0.2, 0) is 22.7 Å². The number of rotatable bonds is 10. The Kier molecular flexibility index (Phi) is 10.4. The summed E-state index contributed by atoms with van der Waals surface area (Å²) >= 11 is 0. The van der Waals surface area contributed by atoms with Crippen LogP contribution < -0.4 is 20.9 Å². The lowest BCUT2D eigenvalue weighted by Gasteiger charge is -2.43. The van der Waals surface area contributed by atoms with E-state index in [-0.39, 0.29) is 37.0 Å². The molecular weight excluding hydrogens is 762 g/mol. The number of anilines is 5. The molecule has 0 spiro atoms. The van der Waals surface area contributed by atoms with Gasteiger partial charge in [0, 0.05) is 85.0 Å². The average molecular weight is 812 g/mol. The number of piperazine rings is 1. The van der Waals surface area contributed by atoms with Crippen molar-refractivity contribution in [1.29, 1.82) is 0 Å². The number of halogens is 1. The van der Waals surface area contributed by atoms with E-state index in [0.717, 1.165) is 93.4 Å². The van der Waals surface area contributed by atoms with Gasteiger partial charge in [-0.2, -0.15) is 4.98 Å². The van der Waals surface area contributed by atoms with Gasteiger partial charge in [-0.1, -0.05) is 37.1 Å². The topological polar surface area (TPSA) is 144 Å². The second kappa shape index (κ2) is 16.3. The van der Waals surface area contributed by atoms with Crippen molar-refractivity contribution in [2.24, 2.45) is 0 Å². The molecule has 4 fully saturated rings. The van der Waals surface area contributed by atoms with Crippen molar-refractivity contribution in [1.82, 2.24) is 39.5 Å². The number of imidazole rings is 1. The number of carbonyl (C=O) groups excluding carboxylic acids is 3. The summed E-state index contributed by atoms with van der Waals surface area (Å²) in [7, 11) is 0. The fraction of sp³-hybridized carbons (Fsp3) is 0.422. The maximum atomic E-state index is 15.9. The van der Waals surface area contributed by atoms with Crippen molar-refractivity contribution < 1.29 is 18.8 Å². The molecule has 310 valence electrons. The van der Waals surface area contributed by atoms with Crippen molar-refractivity contribution in [3.63, 3.8) is 0 Å². The van der Waals surface area contributed by atoms with E-state index in [9.17, 15) is 14.4 Å². The smallest absolute Gasteiger partial charge is 0.255 e. The lowest BCUT2D eigenvalue weighted by molar-refractivity contribution is -0.136. The zero-order valence-electron chi connectivity index (χ0n) is 33.7. The molecule has 3 amide bonds. The minimum absolute atomic E-state index is 0.0455. The molecule has 4 aliphatic heterocycles. The molecule has 5 aliphatic rings. The Morgan fingerprint density at radius 3 is 2.27 bits per heavy atom. The summed E-state index contributed by atoms with van der Waals surface area (Å²) in [5.41, 5.74) is 5.97. The standard InChI is InChI=1S/C45H50FN11O3/c46-40-29(10-15-35-36(40)28-56(43(35)60)38-16-17-39(58)51-42(38)59)27-53-20-18-33(19-21-53)55-24-22-54(23-25-55)32-13-11-31(12-14-32)48-44-47-26-37-41(52-44)57(34-8-4-5-9-34)45(50-37)49-30-6-2-1-3-7-30/h1-3,6-7,10-15,26,33-34,38H,4-5,8-9,16-25,27-28H2,(H,49,50)(H,47,48,52)(H,51,58,59). The molecule has 3 N–H and O–H groups in total. The van der Waals surface area contributed by atoms with Gasteiger partial charge >= 0.3 is 0 Å². The Bertz CT molecular complexity index is 2400. The number of benzene rings is 3. The molecule has 0 bridgehead atoms. The quantitative estimate of drug-likeness (QED) is 0.141. The lowest BCUT2D eigenvalue weighted by Crippen LogP contribution is -2.53. The molecule has 60 heavy (non-hydrogen) atoms.